The predicted molar refractivity (Wildman–Crippen MR) is 123 cm³/mol. The monoisotopic (exact) mass is 421 g/mol. The van der Waals surface area contributed by atoms with Crippen molar-refractivity contribution >= 4 is 28.5 Å². The van der Waals surface area contributed by atoms with Crippen molar-refractivity contribution in [3.63, 3.8) is 0 Å². The number of benzene rings is 2. The van der Waals surface area contributed by atoms with E-state index in [9.17, 15) is 9.18 Å². The Labute approximate surface area is 181 Å². The molecule has 0 spiro atoms. The third-order valence-electron chi connectivity index (χ3n) is 5.50. The zero-order chi connectivity index (χ0) is 21.6. The molecule has 0 unspecified atom stereocenters. The van der Waals surface area contributed by atoms with Gasteiger partial charge in [0.15, 0.2) is 5.96 Å². The van der Waals surface area contributed by atoms with E-state index in [0.717, 1.165) is 59.6 Å². The number of hydrogen-bond acceptors (Lipinski definition) is 2. The number of amides is 1. The molecule has 31 heavy (non-hydrogen) atoms. The van der Waals surface area contributed by atoms with E-state index < -0.39 is 0 Å². The number of aromatic nitrogens is 1. The lowest BCUT2D eigenvalue weighted by Crippen LogP contribution is -2.38. The number of nitrogens with zero attached hydrogens (tertiary/aromatic N) is 2. The number of H-pyrrole nitrogens is 1. The van der Waals surface area contributed by atoms with Crippen molar-refractivity contribution in [2.45, 2.75) is 32.7 Å². The first kappa shape index (κ1) is 20.9. The Kier molecular flexibility index (Phi) is 6.50. The van der Waals surface area contributed by atoms with Gasteiger partial charge in [0.25, 0.3) is 0 Å². The van der Waals surface area contributed by atoms with Gasteiger partial charge in [0, 0.05) is 48.8 Å². The lowest BCUT2D eigenvalue weighted by molar-refractivity contribution is -0.117. The molecule has 1 amide bonds. The summed E-state index contributed by atoms with van der Waals surface area (Å²) >= 11 is 0. The van der Waals surface area contributed by atoms with Gasteiger partial charge in [0.2, 0.25) is 5.91 Å². The Morgan fingerprint density at radius 2 is 2.03 bits per heavy atom. The van der Waals surface area contributed by atoms with E-state index in [0.29, 0.717) is 19.5 Å². The van der Waals surface area contributed by atoms with E-state index in [1.54, 1.807) is 12.1 Å². The molecule has 1 saturated heterocycles. The van der Waals surface area contributed by atoms with Crippen molar-refractivity contribution in [1.82, 2.24) is 15.6 Å². The van der Waals surface area contributed by atoms with Crippen molar-refractivity contribution < 1.29 is 9.18 Å². The zero-order valence-corrected chi connectivity index (χ0v) is 17.7. The van der Waals surface area contributed by atoms with Crippen LogP contribution in [-0.4, -0.2) is 36.5 Å². The molecular weight excluding hydrogens is 393 g/mol. The van der Waals surface area contributed by atoms with Crippen LogP contribution in [0.4, 0.5) is 10.1 Å². The summed E-state index contributed by atoms with van der Waals surface area (Å²) in [6.07, 6.45) is 4.25. The minimum absolute atomic E-state index is 0.197. The van der Waals surface area contributed by atoms with Crippen LogP contribution in [0.1, 0.15) is 30.9 Å². The highest BCUT2D eigenvalue weighted by Crippen LogP contribution is 2.22. The molecular formula is C24H28FN5O. The van der Waals surface area contributed by atoms with Crippen LogP contribution in [0.3, 0.4) is 0 Å². The third kappa shape index (κ3) is 5.05. The van der Waals surface area contributed by atoms with Crippen LogP contribution in [0, 0.1) is 5.82 Å². The molecule has 1 fully saturated rings. The summed E-state index contributed by atoms with van der Waals surface area (Å²) in [6.45, 7) is 4.82. The van der Waals surface area contributed by atoms with Gasteiger partial charge >= 0.3 is 0 Å². The summed E-state index contributed by atoms with van der Waals surface area (Å²) in [5, 5.41) is 7.53. The van der Waals surface area contributed by atoms with Crippen LogP contribution < -0.4 is 15.5 Å². The molecule has 2 heterocycles. The first-order valence-corrected chi connectivity index (χ1v) is 10.8. The van der Waals surface area contributed by atoms with Crippen molar-refractivity contribution in [1.29, 1.82) is 0 Å². The second-order valence-corrected chi connectivity index (χ2v) is 7.69. The number of aliphatic imine (C=N–C) groups is 1. The van der Waals surface area contributed by atoms with E-state index in [2.05, 4.69) is 20.6 Å². The number of carbonyl (C=O) groups excluding carboxylic acids is 1. The Bertz CT molecular complexity index is 1070. The van der Waals surface area contributed by atoms with E-state index in [4.69, 9.17) is 0 Å². The van der Waals surface area contributed by atoms with Crippen LogP contribution in [0.25, 0.3) is 10.9 Å². The topological polar surface area (TPSA) is 72.5 Å². The highest BCUT2D eigenvalue weighted by molar-refractivity contribution is 5.95. The van der Waals surface area contributed by atoms with E-state index in [-0.39, 0.29) is 11.7 Å². The fourth-order valence-corrected chi connectivity index (χ4v) is 3.89. The number of aromatic amines is 1. The van der Waals surface area contributed by atoms with Crippen LogP contribution in [0.2, 0.25) is 0 Å². The molecule has 3 aromatic rings. The number of rotatable bonds is 7. The van der Waals surface area contributed by atoms with Gasteiger partial charge in [0.1, 0.15) is 5.82 Å². The summed E-state index contributed by atoms with van der Waals surface area (Å²) in [6, 6.07) is 12.8. The average molecular weight is 422 g/mol. The smallest absolute Gasteiger partial charge is 0.227 e. The summed E-state index contributed by atoms with van der Waals surface area (Å²) in [4.78, 5) is 21.6. The van der Waals surface area contributed by atoms with Crippen LogP contribution in [-0.2, 0) is 17.8 Å². The predicted octanol–water partition coefficient (Wildman–Crippen LogP) is 3.73. The summed E-state index contributed by atoms with van der Waals surface area (Å²) < 4.78 is 13.6. The van der Waals surface area contributed by atoms with Crippen molar-refractivity contribution in [2.24, 2.45) is 4.99 Å². The number of nitrogens with one attached hydrogen (secondary N) is 3. The molecule has 6 nitrogen and oxygen atoms in total. The molecule has 2 aromatic carbocycles. The van der Waals surface area contributed by atoms with Crippen LogP contribution >= 0.6 is 0 Å². The fourth-order valence-electron chi connectivity index (χ4n) is 3.89. The molecule has 3 N–H and O–H groups in total. The number of carbonyl (C=O) groups is 1. The molecule has 0 bridgehead atoms. The maximum absolute atomic E-state index is 13.6. The van der Waals surface area contributed by atoms with Gasteiger partial charge in [-0.3, -0.25) is 4.79 Å². The number of anilines is 1. The highest BCUT2D eigenvalue weighted by Gasteiger charge is 2.21. The summed E-state index contributed by atoms with van der Waals surface area (Å²) in [5.74, 6) is 0.714. The van der Waals surface area contributed by atoms with Crippen molar-refractivity contribution in [3.05, 3.63) is 65.6 Å². The van der Waals surface area contributed by atoms with E-state index in [1.807, 2.05) is 42.3 Å². The lowest BCUT2D eigenvalue weighted by Gasteiger charge is -2.16. The molecule has 1 aromatic heterocycles. The van der Waals surface area contributed by atoms with Crippen LogP contribution in [0.15, 0.2) is 53.7 Å². The van der Waals surface area contributed by atoms with Crippen molar-refractivity contribution in [3.8, 4) is 0 Å². The average Bonchev–Trinajstić information content (AvgIpc) is 3.38. The normalized spacial score (nSPS) is 14.5. The number of fused-ring (bicyclic) bond motifs is 1. The number of halogens is 1. The Hall–Kier alpha value is -3.35. The summed E-state index contributed by atoms with van der Waals surface area (Å²) in [5.41, 5.74) is 4.05. The molecule has 162 valence electrons. The lowest BCUT2D eigenvalue weighted by atomic mass is 10.1. The Morgan fingerprint density at radius 3 is 2.77 bits per heavy atom. The summed E-state index contributed by atoms with van der Waals surface area (Å²) in [7, 11) is 0. The van der Waals surface area contributed by atoms with Crippen LogP contribution in [0.5, 0.6) is 0 Å². The minimum Gasteiger partial charge on any atom is -0.361 e. The highest BCUT2D eigenvalue weighted by atomic mass is 19.1. The van der Waals surface area contributed by atoms with Gasteiger partial charge in [-0.15, -0.1) is 0 Å². The standard InChI is InChI=1S/C24H28FN5O/c1-2-26-24(27-12-11-18-16-28-22-10-7-19(25)14-21(18)22)29-15-17-5-8-20(9-6-17)30-13-3-4-23(30)31/h5-10,14,16,28H,2-4,11-13,15H2,1H3,(H2,26,27,29). The SMILES string of the molecule is CCNC(=NCc1ccc(N2CCCC2=O)cc1)NCCc1c[nH]c2ccc(F)cc12. The van der Waals surface area contributed by atoms with Gasteiger partial charge in [-0.05, 0) is 61.2 Å². The molecule has 0 radical (unpaired) electrons. The van der Waals surface area contributed by atoms with Gasteiger partial charge in [0.05, 0.1) is 6.54 Å². The second kappa shape index (κ2) is 9.64. The molecule has 7 heteroatoms. The first-order valence-electron chi connectivity index (χ1n) is 10.8. The zero-order valence-electron chi connectivity index (χ0n) is 17.7. The maximum atomic E-state index is 13.6. The molecule has 4 rings (SSSR count). The Balaban J connectivity index is 1.34. The van der Waals surface area contributed by atoms with E-state index >= 15 is 0 Å². The Morgan fingerprint density at radius 1 is 1.19 bits per heavy atom. The van der Waals surface area contributed by atoms with Gasteiger partial charge in [-0.25, -0.2) is 9.38 Å². The molecule has 1 aliphatic rings. The third-order valence-corrected chi connectivity index (χ3v) is 5.50. The number of hydrogen-bond donors (Lipinski definition) is 3. The van der Waals surface area contributed by atoms with Crippen molar-refractivity contribution in [2.75, 3.05) is 24.5 Å². The fraction of sp³-hybridized carbons (Fsp3) is 0.333. The largest absolute Gasteiger partial charge is 0.361 e. The van der Waals surface area contributed by atoms with Gasteiger partial charge < -0.3 is 20.5 Å². The van der Waals surface area contributed by atoms with E-state index in [1.165, 1.54) is 6.07 Å². The molecule has 1 aliphatic heterocycles. The molecule has 0 saturated carbocycles. The van der Waals surface area contributed by atoms with Gasteiger partial charge in [-0.1, -0.05) is 12.1 Å². The maximum Gasteiger partial charge on any atom is 0.227 e. The first-order chi connectivity index (χ1) is 15.1. The molecule has 0 atom stereocenters. The number of guanidine groups is 1. The quantitative estimate of drug-likeness (QED) is 0.402. The van der Waals surface area contributed by atoms with Gasteiger partial charge in [-0.2, -0.15) is 0 Å². The second-order valence-electron chi connectivity index (χ2n) is 7.69. The minimum atomic E-state index is -0.226. The molecule has 0 aliphatic carbocycles.